The van der Waals surface area contributed by atoms with Gasteiger partial charge in [0, 0.05) is 25.4 Å². The maximum Gasteiger partial charge on any atom is 0.254 e. The van der Waals surface area contributed by atoms with E-state index in [0.29, 0.717) is 18.7 Å². The van der Waals surface area contributed by atoms with Gasteiger partial charge in [-0.05, 0) is 49.6 Å². The number of aromatic nitrogens is 1. The lowest BCUT2D eigenvalue weighted by atomic mass is 10.0. The van der Waals surface area contributed by atoms with Crippen molar-refractivity contribution in [2.45, 2.75) is 31.3 Å². The van der Waals surface area contributed by atoms with E-state index in [1.165, 1.54) is 10.4 Å². The van der Waals surface area contributed by atoms with E-state index in [2.05, 4.69) is 6.07 Å². The van der Waals surface area contributed by atoms with E-state index in [-0.39, 0.29) is 23.1 Å². The van der Waals surface area contributed by atoms with Gasteiger partial charge in [-0.15, -0.1) is 0 Å². The Morgan fingerprint density at radius 3 is 2.39 bits per heavy atom. The van der Waals surface area contributed by atoms with Crippen molar-refractivity contribution in [3.8, 4) is 16.9 Å². The third-order valence-corrected chi connectivity index (χ3v) is 7.61. The number of pyridine rings is 1. The fourth-order valence-corrected chi connectivity index (χ4v) is 5.29. The van der Waals surface area contributed by atoms with Gasteiger partial charge >= 0.3 is 0 Å². The van der Waals surface area contributed by atoms with Crippen LogP contribution in [-0.4, -0.2) is 36.5 Å². The molecule has 1 atom stereocenters. The first kappa shape index (κ1) is 21.3. The molecule has 0 spiro atoms. The van der Waals surface area contributed by atoms with E-state index in [0.717, 1.165) is 22.4 Å². The summed E-state index contributed by atoms with van der Waals surface area (Å²) in [6.07, 6.45) is 0.294. The third-order valence-electron chi connectivity index (χ3n) is 5.73. The lowest BCUT2D eigenvalue weighted by molar-refractivity contribution is 0.214. The Kier molecular flexibility index (Phi) is 5.73. The van der Waals surface area contributed by atoms with E-state index in [1.807, 2.05) is 44.2 Å². The average Bonchev–Trinajstić information content (AvgIpc) is 3.21. The first-order chi connectivity index (χ1) is 14.7. The van der Waals surface area contributed by atoms with Crippen LogP contribution in [0.3, 0.4) is 0 Å². The van der Waals surface area contributed by atoms with Crippen LogP contribution in [-0.2, 0) is 17.1 Å². The molecular formula is C24H26N2O4S. The van der Waals surface area contributed by atoms with E-state index >= 15 is 0 Å². The zero-order valence-electron chi connectivity index (χ0n) is 17.9. The molecule has 3 aromatic rings. The molecule has 7 heteroatoms. The molecule has 2 heterocycles. The van der Waals surface area contributed by atoms with Gasteiger partial charge in [0.15, 0.2) is 0 Å². The summed E-state index contributed by atoms with van der Waals surface area (Å²) in [5, 5.41) is 0. The number of rotatable bonds is 5. The Bertz CT molecular complexity index is 1260. The summed E-state index contributed by atoms with van der Waals surface area (Å²) >= 11 is 0. The fourth-order valence-electron chi connectivity index (χ4n) is 3.80. The second-order valence-electron chi connectivity index (χ2n) is 8.02. The Morgan fingerprint density at radius 2 is 1.71 bits per heavy atom. The molecule has 1 aliphatic heterocycles. The standard InChI is InChI=1S/C24H26N2O4S/c1-17-5-4-6-20(13-17)19-7-9-23(10-8-19)31(28,29)26-12-11-21(16-26)30-22-14-18(2)25(3)24(27)15-22/h4-10,13-15,21H,11-12,16H2,1-3H3. The lowest BCUT2D eigenvalue weighted by Crippen LogP contribution is -2.31. The number of aryl methyl sites for hydroxylation is 2. The van der Waals surface area contributed by atoms with Crippen molar-refractivity contribution in [3.05, 3.63) is 82.3 Å². The molecule has 4 rings (SSSR count). The van der Waals surface area contributed by atoms with Crippen molar-refractivity contribution in [2.75, 3.05) is 13.1 Å². The molecule has 1 unspecified atom stereocenters. The number of ether oxygens (including phenoxy) is 1. The van der Waals surface area contributed by atoms with Gasteiger partial charge in [0.1, 0.15) is 11.9 Å². The van der Waals surface area contributed by atoms with Gasteiger partial charge in [-0.3, -0.25) is 4.79 Å². The molecule has 1 aromatic heterocycles. The number of hydrogen-bond acceptors (Lipinski definition) is 4. The summed E-state index contributed by atoms with van der Waals surface area (Å²) in [7, 11) is -1.90. The number of hydrogen-bond donors (Lipinski definition) is 0. The van der Waals surface area contributed by atoms with Crippen LogP contribution in [0.4, 0.5) is 0 Å². The fraction of sp³-hybridized carbons (Fsp3) is 0.292. The molecule has 2 aromatic carbocycles. The molecule has 6 nitrogen and oxygen atoms in total. The minimum absolute atomic E-state index is 0.147. The Labute approximate surface area is 182 Å². The highest BCUT2D eigenvalue weighted by Crippen LogP contribution is 2.27. The largest absolute Gasteiger partial charge is 0.489 e. The van der Waals surface area contributed by atoms with Gasteiger partial charge in [-0.1, -0.05) is 42.0 Å². The summed E-state index contributed by atoms with van der Waals surface area (Å²) < 4.78 is 35.1. The van der Waals surface area contributed by atoms with Gasteiger partial charge in [-0.2, -0.15) is 4.31 Å². The average molecular weight is 439 g/mol. The van der Waals surface area contributed by atoms with E-state index in [4.69, 9.17) is 4.74 Å². The van der Waals surface area contributed by atoms with Crippen LogP contribution in [0.2, 0.25) is 0 Å². The van der Waals surface area contributed by atoms with Gasteiger partial charge in [0.25, 0.3) is 5.56 Å². The minimum Gasteiger partial charge on any atom is -0.489 e. The molecule has 162 valence electrons. The molecule has 1 fully saturated rings. The smallest absolute Gasteiger partial charge is 0.254 e. The van der Waals surface area contributed by atoms with Crippen molar-refractivity contribution in [1.82, 2.24) is 8.87 Å². The first-order valence-corrected chi connectivity index (χ1v) is 11.7. The van der Waals surface area contributed by atoms with E-state index in [9.17, 15) is 13.2 Å². The summed E-state index contributed by atoms with van der Waals surface area (Å²) in [5.74, 6) is 0.479. The Morgan fingerprint density at radius 1 is 0.968 bits per heavy atom. The molecule has 1 aliphatic rings. The molecule has 0 N–H and O–H groups in total. The quantitative estimate of drug-likeness (QED) is 0.611. The van der Waals surface area contributed by atoms with Crippen molar-refractivity contribution < 1.29 is 13.2 Å². The van der Waals surface area contributed by atoms with Crippen LogP contribution in [0, 0.1) is 13.8 Å². The van der Waals surface area contributed by atoms with Crippen molar-refractivity contribution in [3.63, 3.8) is 0 Å². The summed E-state index contributed by atoms with van der Waals surface area (Å²) in [6.45, 7) is 4.51. The summed E-state index contributed by atoms with van der Waals surface area (Å²) in [5.41, 5.74) is 3.84. The van der Waals surface area contributed by atoms with E-state index < -0.39 is 10.0 Å². The van der Waals surface area contributed by atoms with Crippen LogP contribution >= 0.6 is 0 Å². The highest BCUT2D eigenvalue weighted by atomic mass is 32.2. The SMILES string of the molecule is Cc1cccc(-c2ccc(S(=O)(=O)N3CCC(Oc4cc(C)n(C)c(=O)c4)C3)cc2)c1. The number of benzene rings is 2. The lowest BCUT2D eigenvalue weighted by Gasteiger charge is -2.18. The highest BCUT2D eigenvalue weighted by Gasteiger charge is 2.33. The van der Waals surface area contributed by atoms with Gasteiger partial charge < -0.3 is 9.30 Å². The van der Waals surface area contributed by atoms with Crippen LogP contribution in [0.5, 0.6) is 5.75 Å². The second-order valence-corrected chi connectivity index (χ2v) is 9.95. The molecule has 0 radical (unpaired) electrons. The van der Waals surface area contributed by atoms with Crippen LogP contribution in [0.25, 0.3) is 11.1 Å². The third kappa shape index (κ3) is 4.43. The maximum absolute atomic E-state index is 13.1. The van der Waals surface area contributed by atoms with E-state index in [1.54, 1.807) is 29.8 Å². The van der Waals surface area contributed by atoms with Gasteiger partial charge in [-0.25, -0.2) is 8.42 Å². The Balaban J connectivity index is 1.48. The normalized spacial score (nSPS) is 17.1. The maximum atomic E-state index is 13.1. The van der Waals surface area contributed by atoms with Crippen molar-refractivity contribution >= 4 is 10.0 Å². The second kappa shape index (κ2) is 8.32. The Hall–Kier alpha value is -2.90. The van der Waals surface area contributed by atoms with Crippen LogP contribution in [0.1, 0.15) is 17.7 Å². The molecule has 31 heavy (non-hydrogen) atoms. The topological polar surface area (TPSA) is 68.6 Å². The van der Waals surface area contributed by atoms with Gasteiger partial charge in [0.2, 0.25) is 10.0 Å². The molecule has 0 aliphatic carbocycles. The molecule has 1 saturated heterocycles. The molecular weight excluding hydrogens is 412 g/mol. The zero-order chi connectivity index (χ0) is 22.2. The minimum atomic E-state index is -3.61. The van der Waals surface area contributed by atoms with Gasteiger partial charge in [0.05, 0.1) is 11.4 Å². The molecule has 0 amide bonds. The predicted octanol–water partition coefficient (Wildman–Crippen LogP) is 3.51. The first-order valence-electron chi connectivity index (χ1n) is 10.3. The summed E-state index contributed by atoms with van der Waals surface area (Å²) in [4.78, 5) is 12.2. The number of sulfonamides is 1. The number of nitrogens with zero attached hydrogens (tertiary/aromatic N) is 2. The van der Waals surface area contributed by atoms with Crippen LogP contribution in [0.15, 0.2) is 70.4 Å². The van der Waals surface area contributed by atoms with Crippen LogP contribution < -0.4 is 10.3 Å². The molecule has 0 bridgehead atoms. The monoisotopic (exact) mass is 438 g/mol. The zero-order valence-corrected chi connectivity index (χ0v) is 18.7. The predicted molar refractivity (Wildman–Crippen MR) is 121 cm³/mol. The summed E-state index contributed by atoms with van der Waals surface area (Å²) in [6, 6.07) is 18.3. The van der Waals surface area contributed by atoms with Crippen molar-refractivity contribution in [2.24, 2.45) is 7.05 Å². The highest BCUT2D eigenvalue weighted by molar-refractivity contribution is 7.89. The molecule has 0 saturated carbocycles. The van der Waals surface area contributed by atoms with Crippen molar-refractivity contribution in [1.29, 1.82) is 0 Å².